The Bertz CT molecular complexity index is 511. The number of carbonyl (C=O) groups excluding carboxylic acids is 1. The van der Waals surface area contributed by atoms with Gasteiger partial charge in [-0.3, -0.25) is 9.59 Å². The molecule has 0 fully saturated rings. The van der Waals surface area contributed by atoms with Gasteiger partial charge >= 0.3 is 0 Å². The Morgan fingerprint density at radius 2 is 2.15 bits per heavy atom. The fourth-order valence-corrected chi connectivity index (χ4v) is 1.37. The third kappa shape index (κ3) is 4.65. The molecule has 1 rings (SSSR count). The second kappa shape index (κ2) is 7.04. The highest BCUT2D eigenvalue weighted by atomic mass is 16.5. The van der Waals surface area contributed by atoms with Crippen molar-refractivity contribution < 1.29 is 9.53 Å². The number of hydrogen-bond acceptors (Lipinski definition) is 5. The maximum atomic E-state index is 11.9. The van der Waals surface area contributed by atoms with Crippen molar-refractivity contribution >= 4 is 5.91 Å². The number of hydrogen-bond donors (Lipinski definition) is 1. The number of nitrogens with two attached hydrogens (primary N) is 1. The molecule has 2 N–H and O–H groups in total. The maximum absolute atomic E-state index is 11.9. The molecule has 0 saturated heterocycles. The molecule has 1 aromatic rings. The third-order valence-corrected chi connectivity index (χ3v) is 2.81. The number of likely N-dealkylation sites (N-methyl/N-ethyl adjacent to an activating group) is 1. The molecule has 0 saturated carbocycles. The van der Waals surface area contributed by atoms with Gasteiger partial charge in [-0.15, -0.1) is 0 Å². The monoisotopic (exact) mass is 282 g/mol. The molecule has 0 aliphatic rings. The van der Waals surface area contributed by atoms with Crippen LogP contribution in [0.5, 0.6) is 5.75 Å². The van der Waals surface area contributed by atoms with Crippen LogP contribution in [0, 0.1) is 0 Å². The molecule has 1 amide bonds. The molecule has 7 nitrogen and oxygen atoms in total. The molecule has 20 heavy (non-hydrogen) atoms. The van der Waals surface area contributed by atoms with E-state index >= 15 is 0 Å². The smallest absolute Gasteiger partial charge is 0.270 e. The van der Waals surface area contributed by atoms with Gasteiger partial charge in [0, 0.05) is 25.2 Å². The minimum Gasteiger partial charge on any atom is -0.490 e. The van der Waals surface area contributed by atoms with Crippen LogP contribution in [0.1, 0.15) is 20.8 Å². The van der Waals surface area contributed by atoms with Crippen molar-refractivity contribution in [3.8, 4) is 5.75 Å². The summed E-state index contributed by atoms with van der Waals surface area (Å²) in [6, 6.07) is 1.25. The lowest BCUT2D eigenvalue weighted by atomic mass is 10.3. The van der Waals surface area contributed by atoms with E-state index in [1.165, 1.54) is 12.3 Å². The van der Waals surface area contributed by atoms with Gasteiger partial charge in [-0.1, -0.05) is 0 Å². The number of aromatic nitrogens is 2. The molecular weight excluding hydrogens is 260 g/mol. The summed E-state index contributed by atoms with van der Waals surface area (Å²) in [7, 11) is 1.69. The van der Waals surface area contributed by atoms with Gasteiger partial charge in [-0.2, -0.15) is 5.10 Å². The first-order chi connectivity index (χ1) is 9.31. The Morgan fingerprint density at radius 3 is 2.65 bits per heavy atom. The second-order valence-corrected chi connectivity index (χ2v) is 5.07. The van der Waals surface area contributed by atoms with Crippen LogP contribution >= 0.6 is 0 Å². The van der Waals surface area contributed by atoms with E-state index in [1.54, 1.807) is 18.9 Å². The van der Waals surface area contributed by atoms with Crippen molar-refractivity contribution in [2.45, 2.75) is 39.4 Å². The fraction of sp³-hybridized carbons (Fsp3) is 0.615. The van der Waals surface area contributed by atoms with E-state index < -0.39 is 0 Å². The highest BCUT2D eigenvalue weighted by Crippen LogP contribution is 2.04. The van der Waals surface area contributed by atoms with E-state index in [4.69, 9.17) is 10.5 Å². The van der Waals surface area contributed by atoms with Gasteiger partial charge in [0.2, 0.25) is 5.91 Å². The predicted molar refractivity (Wildman–Crippen MR) is 75.5 cm³/mol. The van der Waals surface area contributed by atoms with Crippen molar-refractivity contribution in [3.63, 3.8) is 0 Å². The normalized spacial score (nSPS) is 12.3. The van der Waals surface area contributed by atoms with E-state index in [-0.39, 0.29) is 30.1 Å². The minimum atomic E-state index is -0.377. The topological polar surface area (TPSA) is 90.4 Å². The lowest BCUT2D eigenvalue weighted by Gasteiger charge is -2.21. The molecule has 1 aromatic heterocycles. The van der Waals surface area contributed by atoms with Gasteiger partial charge < -0.3 is 15.4 Å². The van der Waals surface area contributed by atoms with Gasteiger partial charge in [0.05, 0.1) is 6.20 Å². The Kier molecular flexibility index (Phi) is 5.69. The van der Waals surface area contributed by atoms with Crippen molar-refractivity contribution in [3.05, 3.63) is 22.6 Å². The molecule has 1 atom stereocenters. The fourth-order valence-electron chi connectivity index (χ4n) is 1.37. The molecule has 0 bridgehead atoms. The summed E-state index contributed by atoms with van der Waals surface area (Å²) >= 11 is 0. The first kappa shape index (κ1) is 16.2. The van der Waals surface area contributed by atoms with E-state index in [0.717, 1.165) is 4.68 Å². The Morgan fingerprint density at radius 1 is 1.50 bits per heavy atom. The van der Waals surface area contributed by atoms with Crippen LogP contribution in [-0.4, -0.2) is 46.3 Å². The number of carbonyl (C=O) groups is 1. The average Bonchev–Trinajstić information content (AvgIpc) is 2.37. The zero-order valence-corrected chi connectivity index (χ0v) is 12.4. The first-order valence-electron chi connectivity index (χ1n) is 6.52. The summed E-state index contributed by atoms with van der Waals surface area (Å²) in [5.74, 6) is 0.187. The van der Waals surface area contributed by atoms with Crippen molar-refractivity contribution in [2.75, 3.05) is 13.7 Å². The van der Waals surface area contributed by atoms with Crippen molar-refractivity contribution in [1.29, 1.82) is 0 Å². The van der Waals surface area contributed by atoms with Crippen LogP contribution in [-0.2, 0) is 11.3 Å². The molecule has 0 aliphatic heterocycles. The van der Waals surface area contributed by atoms with Crippen LogP contribution in [0.3, 0.4) is 0 Å². The third-order valence-electron chi connectivity index (χ3n) is 2.81. The van der Waals surface area contributed by atoms with Crippen molar-refractivity contribution in [1.82, 2.24) is 14.7 Å². The molecule has 1 heterocycles. The quantitative estimate of drug-likeness (QED) is 0.782. The van der Waals surface area contributed by atoms with Crippen molar-refractivity contribution in [2.24, 2.45) is 5.73 Å². The highest BCUT2D eigenvalue weighted by Gasteiger charge is 2.14. The first-order valence-corrected chi connectivity index (χ1v) is 6.52. The van der Waals surface area contributed by atoms with E-state index in [1.807, 2.05) is 13.8 Å². The lowest BCUT2D eigenvalue weighted by molar-refractivity contribution is -0.132. The average molecular weight is 282 g/mol. The predicted octanol–water partition coefficient (Wildman–Crippen LogP) is -0.164. The number of nitrogens with zero attached hydrogens (tertiary/aromatic N) is 3. The zero-order chi connectivity index (χ0) is 15.3. The molecule has 0 spiro atoms. The Labute approximate surface area is 118 Å². The summed E-state index contributed by atoms with van der Waals surface area (Å²) in [6.45, 7) is 5.83. The molecule has 0 radical (unpaired) electrons. The van der Waals surface area contributed by atoms with E-state index in [9.17, 15) is 9.59 Å². The van der Waals surface area contributed by atoms with Crippen LogP contribution < -0.4 is 16.0 Å². The van der Waals surface area contributed by atoms with Crippen LogP contribution in [0.4, 0.5) is 0 Å². The molecule has 112 valence electrons. The maximum Gasteiger partial charge on any atom is 0.270 e. The SMILES string of the molecule is CC(N)COc1cnn(CC(=O)N(C)C(C)C)c(=O)c1. The molecule has 7 heteroatoms. The summed E-state index contributed by atoms with van der Waals surface area (Å²) < 4.78 is 6.41. The Hall–Kier alpha value is -1.89. The van der Waals surface area contributed by atoms with Crippen LogP contribution in [0.2, 0.25) is 0 Å². The zero-order valence-electron chi connectivity index (χ0n) is 12.4. The molecule has 0 aromatic carbocycles. The molecule has 1 unspecified atom stereocenters. The van der Waals surface area contributed by atoms with Crippen LogP contribution in [0.25, 0.3) is 0 Å². The highest BCUT2D eigenvalue weighted by molar-refractivity contribution is 5.75. The largest absolute Gasteiger partial charge is 0.490 e. The molecule has 0 aliphatic carbocycles. The minimum absolute atomic E-state index is 0.0758. The lowest BCUT2D eigenvalue weighted by Crippen LogP contribution is -2.38. The summed E-state index contributed by atoms with van der Waals surface area (Å²) in [6.07, 6.45) is 1.41. The van der Waals surface area contributed by atoms with Crippen LogP contribution in [0.15, 0.2) is 17.1 Å². The van der Waals surface area contributed by atoms with Gasteiger partial charge in [-0.05, 0) is 20.8 Å². The number of rotatable bonds is 6. The number of amides is 1. The van der Waals surface area contributed by atoms with Gasteiger partial charge in [0.1, 0.15) is 18.9 Å². The summed E-state index contributed by atoms with van der Waals surface area (Å²) in [4.78, 5) is 25.3. The molecular formula is C13H22N4O3. The van der Waals surface area contributed by atoms with E-state index in [0.29, 0.717) is 12.4 Å². The standard InChI is InChI=1S/C13H22N4O3/c1-9(2)16(4)13(19)7-17-12(18)5-11(6-15-17)20-8-10(3)14/h5-6,9-10H,7-8,14H2,1-4H3. The summed E-state index contributed by atoms with van der Waals surface area (Å²) in [5.41, 5.74) is 5.18. The second-order valence-electron chi connectivity index (χ2n) is 5.07. The summed E-state index contributed by atoms with van der Waals surface area (Å²) in [5, 5.41) is 3.93. The van der Waals surface area contributed by atoms with Gasteiger partial charge in [-0.25, -0.2) is 4.68 Å². The van der Waals surface area contributed by atoms with Gasteiger partial charge in [0.25, 0.3) is 5.56 Å². The van der Waals surface area contributed by atoms with Gasteiger partial charge in [0.15, 0.2) is 0 Å². The number of ether oxygens (including phenoxy) is 1. The Balaban J connectivity index is 2.74. The van der Waals surface area contributed by atoms with E-state index in [2.05, 4.69) is 5.10 Å².